The molecule has 39 heavy (non-hydrogen) atoms. The van der Waals surface area contributed by atoms with E-state index < -0.39 is 28.7 Å². The van der Waals surface area contributed by atoms with Gasteiger partial charge >= 0.3 is 0 Å². The molecule has 202 valence electrons. The van der Waals surface area contributed by atoms with Crippen molar-refractivity contribution in [2.24, 2.45) is 5.92 Å². The second-order valence-electron chi connectivity index (χ2n) is 10.1. The number of benzene rings is 2. The molecule has 0 saturated carbocycles. The van der Waals surface area contributed by atoms with Crippen molar-refractivity contribution in [3.05, 3.63) is 94.6 Å². The molecule has 4 aromatic rings. The Hall–Kier alpha value is -4.60. The maximum Gasteiger partial charge on any atom is 0.294 e. The Morgan fingerprint density at radius 2 is 1.64 bits per heavy atom. The molecule has 0 saturated heterocycles. The number of amides is 1. The molecule has 2 aromatic carbocycles. The van der Waals surface area contributed by atoms with E-state index in [1.54, 1.807) is 20.9 Å². The second kappa shape index (κ2) is 11.4. The zero-order valence-corrected chi connectivity index (χ0v) is 22.6. The summed E-state index contributed by atoms with van der Waals surface area (Å²) in [4.78, 5) is 43.9. The van der Waals surface area contributed by atoms with Crippen molar-refractivity contribution >= 4 is 17.5 Å². The van der Waals surface area contributed by atoms with E-state index >= 15 is 0 Å². The Balaban J connectivity index is 1.57. The molecular weight excluding hydrogens is 496 g/mol. The maximum absolute atomic E-state index is 13.4. The van der Waals surface area contributed by atoms with E-state index in [4.69, 9.17) is 4.42 Å². The van der Waals surface area contributed by atoms with Gasteiger partial charge in [0.15, 0.2) is 5.82 Å². The lowest BCUT2D eigenvalue weighted by Gasteiger charge is -2.21. The summed E-state index contributed by atoms with van der Waals surface area (Å²) in [5, 5.41) is 13.7. The highest BCUT2D eigenvalue weighted by Crippen LogP contribution is 2.30. The normalized spacial score (nSPS) is 12.3. The predicted octanol–water partition coefficient (Wildman–Crippen LogP) is 3.68. The molecule has 4 rings (SSSR count). The number of carbonyl (C=O) groups is 2. The smallest absolute Gasteiger partial charge is 0.294 e. The van der Waals surface area contributed by atoms with Gasteiger partial charge in [-0.15, -0.1) is 10.2 Å². The third kappa shape index (κ3) is 5.79. The molecular formula is C29H32N6O4. The number of hydrogen-bond acceptors (Lipinski definition) is 8. The van der Waals surface area contributed by atoms with Gasteiger partial charge in [0.25, 0.3) is 11.4 Å². The van der Waals surface area contributed by atoms with Gasteiger partial charge in [0.1, 0.15) is 6.54 Å². The number of nitrogens with zero attached hydrogens (tertiary/aromatic N) is 4. The molecule has 0 fully saturated rings. The summed E-state index contributed by atoms with van der Waals surface area (Å²) in [5.74, 6) is -1.08. The average molecular weight is 529 g/mol. The van der Waals surface area contributed by atoms with E-state index in [0.717, 1.165) is 11.1 Å². The van der Waals surface area contributed by atoms with E-state index in [1.165, 1.54) is 10.8 Å². The highest BCUT2D eigenvalue weighted by atomic mass is 16.4. The summed E-state index contributed by atoms with van der Waals surface area (Å²) in [5.41, 5.74) is 1.09. The molecule has 0 aliphatic rings. The number of anilines is 1. The topological polar surface area (TPSA) is 132 Å². The van der Waals surface area contributed by atoms with E-state index in [0.29, 0.717) is 11.6 Å². The zero-order valence-electron chi connectivity index (χ0n) is 22.6. The van der Waals surface area contributed by atoms with Gasteiger partial charge < -0.3 is 15.1 Å². The van der Waals surface area contributed by atoms with Crippen molar-refractivity contribution in [1.82, 2.24) is 25.1 Å². The average Bonchev–Trinajstić information content (AvgIpc) is 3.45. The minimum Gasteiger partial charge on any atom is -0.417 e. The monoisotopic (exact) mass is 528 g/mol. The van der Waals surface area contributed by atoms with Crippen LogP contribution in [0.2, 0.25) is 0 Å². The lowest BCUT2D eigenvalue weighted by atomic mass is 9.85. The first-order valence-corrected chi connectivity index (χ1v) is 12.7. The van der Waals surface area contributed by atoms with Crippen molar-refractivity contribution in [2.45, 2.75) is 45.7 Å². The maximum atomic E-state index is 13.4. The fraction of sp³-hybridized carbons (Fsp3) is 0.310. The molecule has 0 aliphatic heterocycles. The number of ketones is 1. The second-order valence-corrected chi connectivity index (χ2v) is 10.1. The van der Waals surface area contributed by atoms with Gasteiger partial charge in [-0.05, 0) is 30.9 Å². The van der Waals surface area contributed by atoms with Crippen LogP contribution < -0.4 is 16.2 Å². The van der Waals surface area contributed by atoms with Crippen LogP contribution in [-0.4, -0.2) is 44.5 Å². The SMILES string of the molecule is CNc1ncc(-c2ccccc2)n(CC(=O)N[C@@H](C(=O)c2nnc(C(C)(C)c3ccccc3)o2)C(C)C)c1=O. The Kier molecular flexibility index (Phi) is 8.04. The molecule has 0 spiro atoms. The van der Waals surface area contributed by atoms with E-state index in [2.05, 4.69) is 25.8 Å². The van der Waals surface area contributed by atoms with Gasteiger partial charge in [-0.3, -0.25) is 19.0 Å². The fourth-order valence-corrected chi connectivity index (χ4v) is 4.24. The van der Waals surface area contributed by atoms with E-state index in [1.807, 2.05) is 74.5 Å². The van der Waals surface area contributed by atoms with Gasteiger partial charge in [0, 0.05) is 7.05 Å². The lowest BCUT2D eigenvalue weighted by Crippen LogP contribution is -2.46. The Morgan fingerprint density at radius 1 is 1.00 bits per heavy atom. The minimum atomic E-state index is -0.938. The van der Waals surface area contributed by atoms with Gasteiger partial charge in [-0.25, -0.2) is 4.98 Å². The standard InChI is InChI=1S/C29H32N6O4/c1-18(2)23(24(37)26-33-34-28(39-26)29(3,4)20-14-10-7-11-15-20)32-22(36)17-35-21(19-12-8-6-9-13-19)16-31-25(30-5)27(35)38/h6-16,18,23H,17H2,1-5H3,(H,30,31)(H,32,36)/t23-/m1/s1. The van der Waals surface area contributed by atoms with Crippen LogP contribution in [0.5, 0.6) is 0 Å². The van der Waals surface area contributed by atoms with Crippen LogP contribution in [-0.2, 0) is 16.8 Å². The number of aromatic nitrogens is 4. The van der Waals surface area contributed by atoms with Gasteiger partial charge in [0.05, 0.1) is 23.3 Å². The molecule has 0 aliphatic carbocycles. The molecule has 10 heteroatoms. The first kappa shape index (κ1) is 27.4. The van der Waals surface area contributed by atoms with Crippen molar-refractivity contribution < 1.29 is 14.0 Å². The van der Waals surface area contributed by atoms with Crippen LogP contribution in [0.25, 0.3) is 11.3 Å². The third-order valence-corrected chi connectivity index (χ3v) is 6.59. The van der Waals surface area contributed by atoms with Crippen molar-refractivity contribution in [2.75, 3.05) is 12.4 Å². The number of carbonyl (C=O) groups excluding carboxylic acids is 2. The molecule has 2 N–H and O–H groups in total. The lowest BCUT2D eigenvalue weighted by molar-refractivity contribution is -0.122. The Morgan fingerprint density at radius 3 is 2.26 bits per heavy atom. The van der Waals surface area contributed by atoms with Crippen LogP contribution in [0.4, 0.5) is 5.82 Å². The molecule has 0 radical (unpaired) electrons. The first-order chi connectivity index (χ1) is 18.6. The van der Waals surface area contributed by atoms with Crippen molar-refractivity contribution in [3.8, 4) is 11.3 Å². The fourth-order valence-electron chi connectivity index (χ4n) is 4.24. The summed E-state index contributed by atoms with van der Waals surface area (Å²) in [7, 11) is 1.58. The molecule has 1 amide bonds. The predicted molar refractivity (Wildman–Crippen MR) is 147 cm³/mol. The van der Waals surface area contributed by atoms with Crippen LogP contribution in [0.1, 0.15) is 49.8 Å². The third-order valence-electron chi connectivity index (χ3n) is 6.59. The summed E-state index contributed by atoms with van der Waals surface area (Å²) >= 11 is 0. The first-order valence-electron chi connectivity index (χ1n) is 12.7. The van der Waals surface area contributed by atoms with Crippen LogP contribution >= 0.6 is 0 Å². The van der Waals surface area contributed by atoms with E-state index in [-0.39, 0.29) is 24.2 Å². The van der Waals surface area contributed by atoms with Crippen LogP contribution in [0.15, 0.2) is 76.1 Å². The molecule has 10 nitrogen and oxygen atoms in total. The largest absolute Gasteiger partial charge is 0.417 e. The van der Waals surface area contributed by atoms with Crippen LogP contribution in [0.3, 0.4) is 0 Å². The highest BCUT2D eigenvalue weighted by Gasteiger charge is 2.34. The van der Waals surface area contributed by atoms with Crippen LogP contribution in [0, 0.1) is 5.92 Å². The van der Waals surface area contributed by atoms with E-state index in [9.17, 15) is 14.4 Å². The summed E-state index contributed by atoms with van der Waals surface area (Å²) < 4.78 is 7.16. The Labute approximate surface area is 226 Å². The number of hydrogen-bond donors (Lipinski definition) is 2. The summed E-state index contributed by atoms with van der Waals surface area (Å²) in [6.07, 6.45) is 1.54. The highest BCUT2D eigenvalue weighted by molar-refractivity contribution is 5.98. The quantitative estimate of drug-likeness (QED) is 0.298. The Bertz CT molecular complexity index is 1510. The summed E-state index contributed by atoms with van der Waals surface area (Å²) in [6, 6.07) is 17.9. The van der Waals surface area contributed by atoms with Gasteiger partial charge in [-0.2, -0.15) is 0 Å². The molecule has 1 atom stereocenters. The number of nitrogens with one attached hydrogen (secondary N) is 2. The van der Waals surface area contributed by atoms with Gasteiger partial charge in [-0.1, -0.05) is 74.5 Å². The van der Waals surface area contributed by atoms with Gasteiger partial charge in [0.2, 0.25) is 17.6 Å². The minimum absolute atomic E-state index is 0.110. The molecule has 0 bridgehead atoms. The number of rotatable bonds is 10. The summed E-state index contributed by atoms with van der Waals surface area (Å²) in [6.45, 7) is 7.17. The van der Waals surface area contributed by atoms with Crippen molar-refractivity contribution in [3.63, 3.8) is 0 Å². The molecule has 2 aromatic heterocycles. The van der Waals surface area contributed by atoms with Crippen molar-refractivity contribution in [1.29, 1.82) is 0 Å². The zero-order chi connectivity index (χ0) is 28.2. The molecule has 0 unspecified atom stereocenters. The number of Topliss-reactive ketones (excluding diaryl/α,β-unsaturated/α-hetero) is 1. The molecule has 2 heterocycles.